The molecule has 0 amide bonds. The lowest BCUT2D eigenvalue weighted by atomic mass is 10.2. The van der Waals surface area contributed by atoms with Crippen LogP contribution in [0.15, 0.2) is 29.4 Å². The van der Waals surface area contributed by atoms with Crippen molar-refractivity contribution >= 4 is 10.0 Å². The summed E-state index contributed by atoms with van der Waals surface area (Å²) in [6, 6.07) is 1.74. The maximum atomic E-state index is 13.9. The molecule has 6 nitrogen and oxygen atoms in total. The molecule has 1 heterocycles. The zero-order valence-electron chi connectivity index (χ0n) is 10.2. The molecule has 9 heteroatoms. The Morgan fingerprint density at radius 1 is 1.35 bits per heavy atom. The van der Waals surface area contributed by atoms with Crippen LogP contribution in [0.4, 0.5) is 8.78 Å². The van der Waals surface area contributed by atoms with Gasteiger partial charge >= 0.3 is 0 Å². The van der Waals surface area contributed by atoms with Gasteiger partial charge in [-0.3, -0.25) is 5.10 Å². The maximum absolute atomic E-state index is 13.9. The van der Waals surface area contributed by atoms with E-state index in [2.05, 4.69) is 14.9 Å². The van der Waals surface area contributed by atoms with E-state index in [9.17, 15) is 17.2 Å². The molecule has 2 aromatic rings. The number of rotatable bonds is 5. The van der Waals surface area contributed by atoms with E-state index in [1.807, 2.05) is 0 Å². The van der Waals surface area contributed by atoms with Crippen molar-refractivity contribution in [2.75, 3.05) is 0 Å². The van der Waals surface area contributed by atoms with Gasteiger partial charge in [0.1, 0.15) is 10.7 Å². The van der Waals surface area contributed by atoms with Crippen molar-refractivity contribution in [1.82, 2.24) is 14.9 Å². The molecule has 4 N–H and O–H groups in total. The van der Waals surface area contributed by atoms with Crippen molar-refractivity contribution in [3.63, 3.8) is 0 Å². The number of aromatic amines is 1. The Balaban J connectivity index is 2.30. The number of nitrogens with zero attached hydrogens (tertiary/aromatic N) is 1. The lowest BCUT2D eigenvalue weighted by Crippen LogP contribution is -2.25. The van der Waals surface area contributed by atoms with Crippen LogP contribution in [0.1, 0.15) is 11.1 Å². The van der Waals surface area contributed by atoms with Crippen LogP contribution in [0, 0.1) is 11.6 Å². The Bertz CT molecular complexity index is 701. The van der Waals surface area contributed by atoms with Gasteiger partial charge in [0, 0.05) is 30.4 Å². The number of nitrogens with one attached hydrogen (secondary N) is 2. The molecule has 0 saturated heterocycles. The molecule has 0 aliphatic heterocycles. The second-order valence-corrected chi connectivity index (χ2v) is 5.71. The van der Waals surface area contributed by atoms with Crippen LogP contribution in [-0.2, 0) is 23.1 Å². The molecular formula is C11H12F2N4O2S. The molecule has 0 fully saturated rings. The van der Waals surface area contributed by atoms with Crippen LogP contribution in [-0.4, -0.2) is 18.6 Å². The fraction of sp³-hybridized carbons (Fsp3) is 0.182. The summed E-state index contributed by atoms with van der Waals surface area (Å²) < 4.78 is 53.4. The average molecular weight is 302 g/mol. The van der Waals surface area contributed by atoms with Crippen LogP contribution in [0.5, 0.6) is 0 Å². The van der Waals surface area contributed by atoms with Gasteiger partial charge in [-0.1, -0.05) is 0 Å². The first-order valence-electron chi connectivity index (χ1n) is 5.60. The van der Waals surface area contributed by atoms with Gasteiger partial charge < -0.3 is 5.73 Å². The minimum atomic E-state index is -4.11. The number of hydrogen-bond acceptors (Lipinski definition) is 4. The van der Waals surface area contributed by atoms with Gasteiger partial charge in [-0.2, -0.15) is 5.10 Å². The predicted octanol–water partition coefficient (Wildman–Crippen LogP) is 0.625. The van der Waals surface area contributed by atoms with Gasteiger partial charge in [0.05, 0.1) is 6.20 Å². The highest BCUT2D eigenvalue weighted by atomic mass is 32.2. The molecule has 1 aromatic carbocycles. The monoisotopic (exact) mass is 302 g/mol. The molecule has 0 unspecified atom stereocenters. The normalized spacial score (nSPS) is 11.8. The van der Waals surface area contributed by atoms with E-state index in [0.29, 0.717) is 5.56 Å². The number of hydrogen-bond donors (Lipinski definition) is 3. The molecule has 1 aromatic heterocycles. The smallest absolute Gasteiger partial charge is 0.243 e. The largest absolute Gasteiger partial charge is 0.326 e. The number of sulfonamides is 1. The molecule has 0 aliphatic carbocycles. The minimum absolute atomic E-state index is 0.0619. The minimum Gasteiger partial charge on any atom is -0.326 e. The zero-order chi connectivity index (χ0) is 14.8. The highest BCUT2D eigenvalue weighted by Gasteiger charge is 2.22. The van der Waals surface area contributed by atoms with Crippen LogP contribution >= 0.6 is 0 Å². The lowest BCUT2D eigenvalue weighted by Gasteiger charge is -2.09. The first-order chi connectivity index (χ1) is 9.45. The Labute approximate surface area is 114 Å². The van der Waals surface area contributed by atoms with Gasteiger partial charge in [0.25, 0.3) is 0 Å². The summed E-state index contributed by atoms with van der Waals surface area (Å²) in [4.78, 5) is -0.636. The Morgan fingerprint density at radius 3 is 2.70 bits per heavy atom. The van der Waals surface area contributed by atoms with Gasteiger partial charge in [0.2, 0.25) is 10.0 Å². The third-order valence-electron chi connectivity index (χ3n) is 2.67. The van der Waals surface area contributed by atoms with Gasteiger partial charge in [-0.05, 0) is 12.1 Å². The number of benzene rings is 1. The molecule has 0 atom stereocenters. The van der Waals surface area contributed by atoms with Crippen molar-refractivity contribution in [2.24, 2.45) is 5.73 Å². The summed E-state index contributed by atoms with van der Waals surface area (Å²) in [5, 5.41) is 6.17. The summed E-state index contributed by atoms with van der Waals surface area (Å²) >= 11 is 0. The maximum Gasteiger partial charge on any atom is 0.243 e. The summed E-state index contributed by atoms with van der Waals surface area (Å²) in [5.41, 5.74) is 5.32. The number of halogens is 2. The second-order valence-electron chi connectivity index (χ2n) is 3.97. The van der Waals surface area contributed by atoms with Crippen molar-refractivity contribution in [3.05, 3.63) is 47.3 Å². The molecule has 0 aliphatic rings. The van der Waals surface area contributed by atoms with E-state index in [-0.39, 0.29) is 6.54 Å². The quantitative estimate of drug-likeness (QED) is 0.754. The molecule has 0 saturated carbocycles. The van der Waals surface area contributed by atoms with Crippen molar-refractivity contribution < 1.29 is 17.2 Å². The molecule has 2 rings (SSSR count). The number of aromatic nitrogens is 2. The van der Waals surface area contributed by atoms with E-state index >= 15 is 0 Å². The molecule has 108 valence electrons. The SMILES string of the molecule is NCc1c(F)ccc(S(=O)(=O)NCc2cn[nH]c2)c1F. The van der Waals surface area contributed by atoms with Crippen LogP contribution in [0.25, 0.3) is 0 Å². The lowest BCUT2D eigenvalue weighted by molar-refractivity contribution is 0.525. The fourth-order valence-corrected chi connectivity index (χ4v) is 2.72. The Kier molecular flexibility index (Phi) is 4.12. The Hall–Kier alpha value is -1.84. The van der Waals surface area contributed by atoms with Crippen molar-refractivity contribution in [3.8, 4) is 0 Å². The van der Waals surface area contributed by atoms with Crippen LogP contribution in [0.2, 0.25) is 0 Å². The summed E-state index contributed by atoms with van der Waals surface area (Å²) in [7, 11) is -4.11. The summed E-state index contributed by atoms with van der Waals surface area (Å²) in [5.74, 6) is -2.05. The zero-order valence-corrected chi connectivity index (χ0v) is 11.0. The highest BCUT2D eigenvalue weighted by molar-refractivity contribution is 7.89. The third kappa shape index (κ3) is 2.84. The summed E-state index contributed by atoms with van der Waals surface area (Å²) in [6.45, 7) is -0.490. The Morgan fingerprint density at radius 2 is 2.10 bits per heavy atom. The van der Waals surface area contributed by atoms with E-state index in [0.717, 1.165) is 12.1 Å². The third-order valence-corrected chi connectivity index (χ3v) is 4.08. The van der Waals surface area contributed by atoms with E-state index in [4.69, 9.17) is 5.73 Å². The first kappa shape index (κ1) is 14.6. The topological polar surface area (TPSA) is 101 Å². The fourth-order valence-electron chi connectivity index (χ4n) is 1.60. The highest BCUT2D eigenvalue weighted by Crippen LogP contribution is 2.20. The number of nitrogens with two attached hydrogens (primary N) is 1. The van der Waals surface area contributed by atoms with Gasteiger partial charge in [0.15, 0.2) is 5.82 Å². The van der Waals surface area contributed by atoms with Crippen molar-refractivity contribution in [1.29, 1.82) is 0 Å². The number of H-pyrrole nitrogens is 1. The molecule has 0 spiro atoms. The standard InChI is InChI=1S/C11H12F2N4O2S/c12-9-1-2-10(11(13)8(9)3-14)20(18,19)17-6-7-4-15-16-5-7/h1-2,4-5,17H,3,6,14H2,(H,15,16). The summed E-state index contributed by atoms with van der Waals surface area (Å²) in [6.07, 6.45) is 2.92. The average Bonchev–Trinajstić information content (AvgIpc) is 2.90. The van der Waals surface area contributed by atoms with Gasteiger partial charge in [-0.25, -0.2) is 21.9 Å². The van der Waals surface area contributed by atoms with E-state index in [1.165, 1.54) is 12.4 Å². The molecule has 0 bridgehead atoms. The molecular weight excluding hydrogens is 290 g/mol. The van der Waals surface area contributed by atoms with Gasteiger partial charge in [-0.15, -0.1) is 0 Å². The predicted molar refractivity (Wildman–Crippen MR) is 66.9 cm³/mol. The second kappa shape index (κ2) is 5.65. The van der Waals surface area contributed by atoms with E-state index in [1.54, 1.807) is 0 Å². The molecule has 0 radical (unpaired) electrons. The van der Waals surface area contributed by atoms with Crippen LogP contribution in [0.3, 0.4) is 0 Å². The first-order valence-corrected chi connectivity index (χ1v) is 7.08. The van der Waals surface area contributed by atoms with Crippen molar-refractivity contribution in [2.45, 2.75) is 18.0 Å². The van der Waals surface area contributed by atoms with E-state index < -0.39 is 38.7 Å². The molecule has 20 heavy (non-hydrogen) atoms. The van der Waals surface area contributed by atoms with Crippen LogP contribution < -0.4 is 10.5 Å².